The molecule has 0 saturated heterocycles. The molecule has 0 aliphatic rings. The summed E-state index contributed by atoms with van der Waals surface area (Å²) in [5.41, 5.74) is 11.8. The Hall–Kier alpha value is -5.64. The molecule has 2 nitrogen and oxygen atoms in total. The van der Waals surface area contributed by atoms with Crippen LogP contribution in [0.5, 0.6) is 0 Å². The lowest BCUT2D eigenvalue weighted by Gasteiger charge is -2.19. The van der Waals surface area contributed by atoms with Gasteiger partial charge in [0.05, 0.1) is 33.1 Å². The van der Waals surface area contributed by atoms with Crippen LogP contribution in [-0.4, -0.2) is 8.80 Å². The Kier molecular flexibility index (Phi) is 4.66. The molecule has 3 heteroatoms. The molecule has 0 N–H and O–H groups in total. The van der Waals surface area contributed by atoms with Gasteiger partial charge in [-0.3, -0.25) is 0 Å². The fraction of sp³-hybridized carbons (Fsp3) is 0.0870. The number of hydrogen-bond donors (Lipinski definition) is 0. The summed E-state index contributed by atoms with van der Waals surface area (Å²) in [6.07, 6.45) is 0. The number of benzene rings is 7. The Balaban J connectivity index is 1.29. The van der Waals surface area contributed by atoms with Crippen LogP contribution in [0.15, 0.2) is 127 Å². The van der Waals surface area contributed by atoms with E-state index in [9.17, 15) is 0 Å². The van der Waals surface area contributed by atoms with Gasteiger partial charge >= 0.3 is 0 Å². The SMILES string of the molecule is CC(C)(C)c1ccc(-c2cc3c4cc5c(cc4n4c6ccc7sc8ccccc8c7c6c(c2)c34)c2cccc3c4ccccc4n5c32)cc1. The summed E-state index contributed by atoms with van der Waals surface area (Å²) in [4.78, 5) is 0. The Labute approximate surface area is 285 Å². The summed E-state index contributed by atoms with van der Waals surface area (Å²) < 4.78 is 7.77. The van der Waals surface area contributed by atoms with Crippen LogP contribution in [0, 0.1) is 0 Å². The van der Waals surface area contributed by atoms with Crippen molar-refractivity contribution < 1.29 is 0 Å². The lowest BCUT2D eigenvalue weighted by Crippen LogP contribution is -2.10. The smallest absolute Gasteiger partial charge is 0.0621 e. The third-order valence-electron chi connectivity index (χ3n) is 11.3. The molecule has 0 atom stereocenters. The molecule has 5 heterocycles. The molecule has 0 aliphatic carbocycles. The van der Waals surface area contributed by atoms with E-state index in [1.165, 1.54) is 113 Å². The third-order valence-corrected chi connectivity index (χ3v) is 12.5. The first-order valence-corrected chi connectivity index (χ1v) is 18.0. The largest absolute Gasteiger partial charge is 0.308 e. The third kappa shape index (κ3) is 3.18. The summed E-state index contributed by atoms with van der Waals surface area (Å²) in [5.74, 6) is 0. The van der Waals surface area contributed by atoms with Crippen LogP contribution in [0.4, 0.5) is 0 Å². The molecular weight excluding hydrogens is 613 g/mol. The molecule has 0 bridgehead atoms. The molecule has 0 saturated carbocycles. The molecule has 7 aromatic carbocycles. The second-order valence-corrected chi connectivity index (χ2v) is 16.0. The Morgan fingerprint density at radius 3 is 1.84 bits per heavy atom. The van der Waals surface area contributed by atoms with E-state index in [1.54, 1.807) is 0 Å². The van der Waals surface area contributed by atoms with Gasteiger partial charge in [0, 0.05) is 63.3 Å². The number of nitrogens with zero attached hydrogens (tertiary/aromatic N) is 2. The molecule has 0 spiro atoms. The molecule has 0 aliphatic heterocycles. The zero-order valence-corrected chi connectivity index (χ0v) is 28.2. The lowest BCUT2D eigenvalue weighted by atomic mass is 9.86. The van der Waals surface area contributed by atoms with E-state index < -0.39 is 0 Å². The number of hydrogen-bond acceptors (Lipinski definition) is 1. The highest BCUT2D eigenvalue weighted by atomic mass is 32.1. The van der Waals surface area contributed by atoms with Crippen molar-refractivity contribution in [3.63, 3.8) is 0 Å². The van der Waals surface area contributed by atoms with Gasteiger partial charge in [-0.1, -0.05) is 99.6 Å². The quantitative estimate of drug-likeness (QED) is 0.168. The normalized spacial score (nSPS) is 13.2. The number of fused-ring (bicyclic) bond motifs is 16. The summed E-state index contributed by atoms with van der Waals surface area (Å²) in [7, 11) is 0. The maximum atomic E-state index is 2.57. The van der Waals surface area contributed by atoms with Crippen molar-refractivity contribution in [3.05, 3.63) is 133 Å². The molecule has 12 aromatic rings. The van der Waals surface area contributed by atoms with Gasteiger partial charge in [0.2, 0.25) is 0 Å². The van der Waals surface area contributed by atoms with Gasteiger partial charge in [0.25, 0.3) is 0 Å². The molecule has 0 radical (unpaired) electrons. The van der Waals surface area contributed by atoms with Gasteiger partial charge in [-0.25, -0.2) is 0 Å². The monoisotopic (exact) mass is 642 g/mol. The maximum Gasteiger partial charge on any atom is 0.0621 e. The fourth-order valence-electron chi connectivity index (χ4n) is 9.10. The second-order valence-electron chi connectivity index (χ2n) is 15.0. The summed E-state index contributed by atoms with van der Waals surface area (Å²) >= 11 is 1.90. The van der Waals surface area contributed by atoms with Crippen molar-refractivity contribution in [3.8, 4) is 11.1 Å². The van der Waals surface area contributed by atoms with Crippen molar-refractivity contribution in [2.75, 3.05) is 0 Å². The van der Waals surface area contributed by atoms with Gasteiger partial charge in [0.1, 0.15) is 0 Å². The first kappa shape index (κ1) is 26.3. The Morgan fingerprint density at radius 1 is 0.408 bits per heavy atom. The molecule has 0 unspecified atom stereocenters. The minimum absolute atomic E-state index is 0.112. The van der Waals surface area contributed by atoms with E-state index in [-0.39, 0.29) is 5.41 Å². The maximum absolute atomic E-state index is 2.57. The summed E-state index contributed by atoms with van der Waals surface area (Å²) in [5, 5.41) is 13.3. The fourth-order valence-corrected chi connectivity index (χ4v) is 10.2. The topological polar surface area (TPSA) is 8.82 Å². The van der Waals surface area contributed by atoms with Crippen molar-refractivity contribution in [1.82, 2.24) is 8.80 Å². The molecule has 49 heavy (non-hydrogen) atoms. The van der Waals surface area contributed by atoms with Crippen LogP contribution in [0.3, 0.4) is 0 Å². The van der Waals surface area contributed by atoms with Gasteiger partial charge < -0.3 is 8.80 Å². The van der Waals surface area contributed by atoms with E-state index in [0.29, 0.717) is 0 Å². The summed E-state index contributed by atoms with van der Waals surface area (Å²) in [6.45, 7) is 6.86. The first-order chi connectivity index (χ1) is 23.9. The van der Waals surface area contributed by atoms with Crippen molar-refractivity contribution in [2.24, 2.45) is 0 Å². The molecular formula is C46H30N2S. The Morgan fingerprint density at radius 2 is 1.04 bits per heavy atom. The van der Waals surface area contributed by atoms with Crippen LogP contribution in [0.1, 0.15) is 26.3 Å². The number of para-hydroxylation sites is 2. The molecule has 230 valence electrons. The van der Waals surface area contributed by atoms with Crippen molar-refractivity contribution in [1.29, 1.82) is 0 Å². The highest BCUT2D eigenvalue weighted by Gasteiger charge is 2.25. The van der Waals surface area contributed by atoms with E-state index in [0.717, 1.165) is 0 Å². The van der Waals surface area contributed by atoms with Crippen LogP contribution in [0.2, 0.25) is 0 Å². The van der Waals surface area contributed by atoms with E-state index in [2.05, 4.69) is 157 Å². The second kappa shape index (κ2) is 8.68. The van der Waals surface area contributed by atoms with Crippen LogP contribution < -0.4 is 0 Å². The zero-order valence-electron chi connectivity index (χ0n) is 27.4. The van der Waals surface area contributed by atoms with Gasteiger partial charge in [-0.2, -0.15) is 0 Å². The van der Waals surface area contributed by atoms with Crippen molar-refractivity contribution >= 4 is 108 Å². The summed E-state index contributed by atoms with van der Waals surface area (Å²) in [6, 6.07) is 48.5. The number of aromatic nitrogens is 2. The highest BCUT2D eigenvalue weighted by molar-refractivity contribution is 7.26. The van der Waals surface area contributed by atoms with Gasteiger partial charge in [-0.05, 0) is 70.6 Å². The minimum Gasteiger partial charge on any atom is -0.308 e. The van der Waals surface area contributed by atoms with E-state index >= 15 is 0 Å². The minimum atomic E-state index is 0.112. The van der Waals surface area contributed by atoms with E-state index in [1.807, 2.05) is 11.3 Å². The predicted molar refractivity (Wildman–Crippen MR) is 213 cm³/mol. The molecule has 5 aromatic heterocycles. The molecule has 0 fully saturated rings. The predicted octanol–water partition coefficient (Wildman–Crippen LogP) is 13.3. The average molecular weight is 643 g/mol. The highest BCUT2D eigenvalue weighted by Crippen LogP contribution is 2.49. The van der Waals surface area contributed by atoms with Gasteiger partial charge in [-0.15, -0.1) is 11.3 Å². The van der Waals surface area contributed by atoms with Crippen molar-refractivity contribution in [2.45, 2.75) is 26.2 Å². The lowest BCUT2D eigenvalue weighted by molar-refractivity contribution is 0.590. The zero-order chi connectivity index (χ0) is 32.3. The standard InChI is InChI=1S/C46H30N2S/c1-46(2,3)27-17-15-25(16-18-27)26-21-34-33-24-38-32(30-12-8-11-29-28-9-4-6-13-36(28)47(38)44(29)30)23-39(33)48-37-19-20-41-43(42(37)35(22-26)45(34)48)31-10-5-7-14-40(31)49-41/h4-24H,1-3H3. The van der Waals surface area contributed by atoms with Crippen LogP contribution in [-0.2, 0) is 5.41 Å². The van der Waals surface area contributed by atoms with Crippen LogP contribution >= 0.6 is 11.3 Å². The average Bonchev–Trinajstić information content (AvgIpc) is 3.91. The number of thiophene rings is 1. The van der Waals surface area contributed by atoms with E-state index in [4.69, 9.17) is 0 Å². The number of rotatable bonds is 1. The van der Waals surface area contributed by atoms with Crippen LogP contribution in [0.25, 0.3) is 107 Å². The van der Waals surface area contributed by atoms with Gasteiger partial charge in [0.15, 0.2) is 0 Å². The molecule has 12 rings (SSSR count). The molecule has 0 amide bonds. The first-order valence-electron chi connectivity index (χ1n) is 17.2. The Bertz CT molecular complexity index is 3340.